The number of likely N-dealkylation sites (N-methyl/N-ethyl adjacent to an activating group) is 1. The van der Waals surface area contributed by atoms with Gasteiger partial charge in [0.25, 0.3) is 0 Å². The lowest BCUT2D eigenvalue weighted by atomic mass is 9.96. The van der Waals surface area contributed by atoms with Crippen LogP contribution in [0.15, 0.2) is 18.6 Å². The van der Waals surface area contributed by atoms with E-state index in [1.807, 2.05) is 6.20 Å². The molecule has 1 N–H and O–H groups in total. The molecule has 1 spiro atoms. The van der Waals surface area contributed by atoms with Crippen LogP contribution in [0.3, 0.4) is 0 Å². The SMILES string of the molecule is CN1CCCC12CCN(c1ncnc3[nH]ccc13)C2. The van der Waals surface area contributed by atoms with Gasteiger partial charge in [0.05, 0.1) is 5.39 Å². The number of hydrogen-bond acceptors (Lipinski definition) is 4. The van der Waals surface area contributed by atoms with Gasteiger partial charge in [-0.1, -0.05) is 0 Å². The van der Waals surface area contributed by atoms with Crippen molar-refractivity contribution in [3.8, 4) is 0 Å². The first kappa shape index (κ1) is 11.2. The zero-order chi connectivity index (χ0) is 12.9. The maximum atomic E-state index is 4.52. The molecule has 0 amide bonds. The molecule has 0 radical (unpaired) electrons. The van der Waals surface area contributed by atoms with Gasteiger partial charge in [0, 0.05) is 24.8 Å². The second-order valence-corrected chi connectivity index (χ2v) is 5.86. The van der Waals surface area contributed by atoms with Crippen molar-refractivity contribution >= 4 is 16.9 Å². The summed E-state index contributed by atoms with van der Waals surface area (Å²) in [5.74, 6) is 1.09. The number of nitrogens with zero attached hydrogens (tertiary/aromatic N) is 4. The van der Waals surface area contributed by atoms with Crippen molar-refractivity contribution in [3.05, 3.63) is 18.6 Å². The Morgan fingerprint density at radius 1 is 1.26 bits per heavy atom. The van der Waals surface area contributed by atoms with Crippen molar-refractivity contribution in [2.45, 2.75) is 24.8 Å². The van der Waals surface area contributed by atoms with E-state index in [0.717, 1.165) is 29.9 Å². The molecule has 0 bridgehead atoms. The quantitative estimate of drug-likeness (QED) is 0.843. The fraction of sp³-hybridized carbons (Fsp3) is 0.571. The van der Waals surface area contributed by atoms with E-state index in [0.29, 0.717) is 5.54 Å². The Kier molecular flexibility index (Phi) is 2.33. The second-order valence-electron chi connectivity index (χ2n) is 5.86. The van der Waals surface area contributed by atoms with Crippen LogP contribution in [0.5, 0.6) is 0 Å². The Hall–Kier alpha value is -1.62. The zero-order valence-corrected chi connectivity index (χ0v) is 11.3. The predicted molar refractivity (Wildman–Crippen MR) is 75.3 cm³/mol. The minimum atomic E-state index is 0.383. The summed E-state index contributed by atoms with van der Waals surface area (Å²) in [7, 11) is 2.27. The average molecular weight is 257 g/mol. The molecule has 19 heavy (non-hydrogen) atoms. The first-order chi connectivity index (χ1) is 9.28. The topological polar surface area (TPSA) is 48.1 Å². The number of likely N-dealkylation sites (tertiary alicyclic amines) is 1. The molecule has 2 saturated heterocycles. The van der Waals surface area contributed by atoms with Gasteiger partial charge in [-0.25, -0.2) is 9.97 Å². The van der Waals surface area contributed by atoms with Gasteiger partial charge in [-0.3, -0.25) is 4.90 Å². The molecule has 2 aliphatic heterocycles. The van der Waals surface area contributed by atoms with Crippen LogP contribution in [0.25, 0.3) is 11.0 Å². The minimum absolute atomic E-state index is 0.383. The molecule has 1 unspecified atom stereocenters. The number of aromatic amines is 1. The number of hydrogen-bond donors (Lipinski definition) is 1. The van der Waals surface area contributed by atoms with Crippen LogP contribution in [0.4, 0.5) is 5.82 Å². The number of nitrogens with one attached hydrogen (secondary N) is 1. The largest absolute Gasteiger partial charge is 0.354 e. The Bertz CT molecular complexity index is 607. The maximum Gasteiger partial charge on any atom is 0.142 e. The number of anilines is 1. The summed E-state index contributed by atoms with van der Waals surface area (Å²) in [4.78, 5) is 16.9. The van der Waals surface area contributed by atoms with Gasteiger partial charge < -0.3 is 9.88 Å². The van der Waals surface area contributed by atoms with E-state index < -0.39 is 0 Å². The summed E-state index contributed by atoms with van der Waals surface area (Å²) >= 11 is 0. The average Bonchev–Trinajstić information content (AvgIpc) is 3.12. The molecule has 1 atom stereocenters. The van der Waals surface area contributed by atoms with E-state index >= 15 is 0 Å². The lowest BCUT2D eigenvalue weighted by Crippen LogP contribution is -2.43. The highest BCUT2D eigenvalue weighted by Gasteiger charge is 2.44. The van der Waals surface area contributed by atoms with Gasteiger partial charge in [-0.05, 0) is 38.9 Å². The number of fused-ring (bicyclic) bond motifs is 1. The molecular weight excluding hydrogens is 238 g/mol. The standard InChI is InChI=1S/C14H19N5/c1-18-7-2-4-14(18)5-8-19(9-14)13-11-3-6-15-12(11)16-10-17-13/h3,6,10H,2,4-5,7-9H2,1H3,(H,15,16,17). The van der Waals surface area contributed by atoms with Gasteiger partial charge >= 0.3 is 0 Å². The highest BCUT2D eigenvalue weighted by atomic mass is 15.3. The van der Waals surface area contributed by atoms with E-state index in [-0.39, 0.29) is 0 Å². The summed E-state index contributed by atoms with van der Waals surface area (Å²) in [6.45, 7) is 3.43. The van der Waals surface area contributed by atoms with Gasteiger partial charge in [0.2, 0.25) is 0 Å². The highest BCUT2D eigenvalue weighted by molar-refractivity contribution is 5.87. The first-order valence-electron chi connectivity index (χ1n) is 7.03. The number of aromatic nitrogens is 3. The second kappa shape index (κ2) is 3.93. The van der Waals surface area contributed by atoms with Gasteiger partial charge in [-0.15, -0.1) is 0 Å². The van der Waals surface area contributed by atoms with Crippen molar-refractivity contribution in [2.75, 3.05) is 31.6 Å². The van der Waals surface area contributed by atoms with Crippen LogP contribution < -0.4 is 4.90 Å². The van der Waals surface area contributed by atoms with Crippen molar-refractivity contribution in [1.29, 1.82) is 0 Å². The van der Waals surface area contributed by atoms with Gasteiger partial charge in [0.1, 0.15) is 17.8 Å². The molecule has 0 saturated carbocycles. The van der Waals surface area contributed by atoms with Crippen LogP contribution in [-0.2, 0) is 0 Å². The Labute approximate surface area is 112 Å². The molecule has 5 nitrogen and oxygen atoms in total. The van der Waals surface area contributed by atoms with Crippen LogP contribution in [0, 0.1) is 0 Å². The number of H-pyrrole nitrogens is 1. The fourth-order valence-corrected chi connectivity index (χ4v) is 3.74. The highest BCUT2D eigenvalue weighted by Crippen LogP contribution is 2.38. The lowest BCUT2D eigenvalue weighted by molar-refractivity contribution is 0.198. The molecule has 2 fully saturated rings. The van der Waals surface area contributed by atoms with E-state index in [9.17, 15) is 0 Å². The molecule has 0 aromatic carbocycles. The van der Waals surface area contributed by atoms with Crippen LogP contribution in [-0.4, -0.2) is 52.1 Å². The zero-order valence-electron chi connectivity index (χ0n) is 11.3. The summed E-state index contributed by atoms with van der Waals surface area (Å²) in [6.07, 6.45) is 7.50. The molecule has 4 rings (SSSR count). The monoisotopic (exact) mass is 257 g/mol. The van der Waals surface area contributed by atoms with Gasteiger partial charge in [0.15, 0.2) is 0 Å². The van der Waals surface area contributed by atoms with Crippen LogP contribution in [0.1, 0.15) is 19.3 Å². The Balaban J connectivity index is 1.69. The van der Waals surface area contributed by atoms with Crippen molar-refractivity contribution < 1.29 is 0 Å². The van der Waals surface area contributed by atoms with E-state index in [4.69, 9.17) is 0 Å². The maximum absolute atomic E-state index is 4.52. The molecule has 5 heteroatoms. The van der Waals surface area contributed by atoms with E-state index in [1.54, 1.807) is 6.33 Å². The fourth-order valence-electron chi connectivity index (χ4n) is 3.74. The summed E-state index contributed by atoms with van der Waals surface area (Å²) < 4.78 is 0. The van der Waals surface area contributed by atoms with Crippen molar-refractivity contribution in [1.82, 2.24) is 19.9 Å². The summed E-state index contributed by atoms with van der Waals surface area (Å²) in [6, 6.07) is 2.08. The third kappa shape index (κ3) is 1.57. The summed E-state index contributed by atoms with van der Waals surface area (Å²) in [5, 5.41) is 1.14. The van der Waals surface area contributed by atoms with Crippen LogP contribution >= 0.6 is 0 Å². The molecule has 2 aromatic heterocycles. The molecule has 100 valence electrons. The van der Waals surface area contributed by atoms with Gasteiger partial charge in [-0.2, -0.15) is 0 Å². The van der Waals surface area contributed by atoms with Crippen molar-refractivity contribution in [3.63, 3.8) is 0 Å². The predicted octanol–water partition coefficient (Wildman–Crippen LogP) is 1.63. The minimum Gasteiger partial charge on any atom is -0.354 e. The Morgan fingerprint density at radius 3 is 3.05 bits per heavy atom. The third-order valence-electron chi connectivity index (χ3n) is 4.91. The molecule has 2 aliphatic rings. The first-order valence-corrected chi connectivity index (χ1v) is 7.03. The molecular formula is C14H19N5. The molecule has 2 aromatic rings. The number of rotatable bonds is 1. The molecule has 4 heterocycles. The summed E-state index contributed by atoms with van der Waals surface area (Å²) in [5.41, 5.74) is 1.32. The molecule has 0 aliphatic carbocycles. The smallest absolute Gasteiger partial charge is 0.142 e. The third-order valence-corrected chi connectivity index (χ3v) is 4.91. The Morgan fingerprint density at radius 2 is 2.21 bits per heavy atom. The normalized spacial score (nSPS) is 27.9. The van der Waals surface area contributed by atoms with E-state index in [2.05, 4.69) is 37.9 Å². The van der Waals surface area contributed by atoms with E-state index in [1.165, 1.54) is 25.8 Å². The lowest BCUT2D eigenvalue weighted by Gasteiger charge is -2.32. The van der Waals surface area contributed by atoms with Crippen LogP contribution in [0.2, 0.25) is 0 Å². The van der Waals surface area contributed by atoms with Crippen molar-refractivity contribution in [2.24, 2.45) is 0 Å².